The van der Waals surface area contributed by atoms with E-state index in [4.69, 9.17) is 4.74 Å². The van der Waals surface area contributed by atoms with E-state index in [9.17, 15) is 18.3 Å². The van der Waals surface area contributed by atoms with Crippen LogP contribution in [-0.2, 0) is 39.9 Å². The Kier molecular flexibility index (Phi) is 7.32. The Morgan fingerprint density at radius 1 is 1.00 bits per heavy atom. The SMILES string of the molecule is O=C1c2cccc(CS(=O)(=O)c3ccccc3)c2CCC1OC(Cn1ccnc1CO)c1ccccc1. The number of sulfone groups is 1. The number of Topliss-reactive ketones (excluding diaryl/α,β-unsaturated/α-hetero) is 1. The zero-order valence-electron chi connectivity index (χ0n) is 20.2. The molecule has 2 unspecified atom stereocenters. The molecule has 0 fully saturated rings. The Balaban J connectivity index is 1.39. The van der Waals surface area contributed by atoms with E-state index in [1.165, 1.54) is 0 Å². The maximum Gasteiger partial charge on any atom is 0.191 e. The van der Waals surface area contributed by atoms with E-state index < -0.39 is 22.0 Å². The van der Waals surface area contributed by atoms with Gasteiger partial charge in [0.15, 0.2) is 15.6 Å². The molecule has 1 aromatic heterocycles. The average molecular weight is 517 g/mol. The monoisotopic (exact) mass is 516 g/mol. The quantitative estimate of drug-likeness (QED) is 0.356. The van der Waals surface area contributed by atoms with Crippen LogP contribution >= 0.6 is 0 Å². The molecule has 0 saturated heterocycles. The van der Waals surface area contributed by atoms with Crippen LogP contribution in [0.25, 0.3) is 0 Å². The number of ether oxygens (including phenoxy) is 1. The zero-order valence-corrected chi connectivity index (χ0v) is 21.0. The molecular formula is C29H28N2O5S. The summed E-state index contributed by atoms with van der Waals surface area (Å²) in [5.74, 6) is 0.221. The van der Waals surface area contributed by atoms with Crippen molar-refractivity contribution in [3.8, 4) is 0 Å². The molecule has 7 nitrogen and oxygen atoms in total. The molecule has 8 heteroatoms. The van der Waals surface area contributed by atoms with E-state index in [0.29, 0.717) is 36.3 Å². The number of rotatable bonds is 9. The Morgan fingerprint density at radius 2 is 1.73 bits per heavy atom. The number of fused-ring (bicyclic) bond motifs is 1. The van der Waals surface area contributed by atoms with Gasteiger partial charge >= 0.3 is 0 Å². The lowest BCUT2D eigenvalue weighted by Crippen LogP contribution is -2.33. The second kappa shape index (κ2) is 10.8. The summed E-state index contributed by atoms with van der Waals surface area (Å²) in [6.07, 6.45) is 3.30. The largest absolute Gasteiger partial charge is 0.388 e. The van der Waals surface area contributed by atoms with Crippen molar-refractivity contribution < 1.29 is 23.1 Å². The van der Waals surface area contributed by atoms with Gasteiger partial charge in [0.2, 0.25) is 0 Å². The summed E-state index contributed by atoms with van der Waals surface area (Å²) >= 11 is 0. The molecule has 190 valence electrons. The third-order valence-electron chi connectivity index (χ3n) is 6.74. The third-order valence-corrected chi connectivity index (χ3v) is 8.42. The lowest BCUT2D eigenvalue weighted by Gasteiger charge is -2.29. The first-order valence-electron chi connectivity index (χ1n) is 12.2. The lowest BCUT2D eigenvalue weighted by atomic mass is 9.86. The molecule has 0 amide bonds. The predicted octanol–water partition coefficient (Wildman–Crippen LogP) is 4.30. The Labute approximate surface area is 216 Å². The third kappa shape index (κ3) is 5.41. The number of hydrogen-bond acceptors (Lipinski definition) is 6. The molecule has 0 radical (unpaired) electrons. The smallest absolute Gasteiger partial charge is 0.191 e. The minimum Gasteiger partial charge on any atom is -0.388 e. The molecule has 0 bridgehead atoms. The summed E-state index contributed by atoms with van der Waals surface area (Å²) in [6.45, 7) is 0.199. The van der Waals surface area contributed by atoms with Crippen molar-refractivity contribution >= 4 is 15.6 Å². The van der Waals surface area contributed by atoms with E-state index in [0.717, 1.165) is 11.1 Å². The van der Waals surface area contributed by atoms with Crippen LogP contribution in [0.15, 0.2) is 96.2 Å². The molecule has 3 aromatic carbocycles. The fourth-order valence-corrected chi connectivity index (χ4v) is 6.27. The van der Waals surface area contributed by atoms with Crippen LogP contribution in [0.3, 0.4) is 0 Å². The number of hydrogen-bond donors (Lipinski definition) is 1. The maximum absolute atomic E-state index is 13.6. The van der Waals surface area contributed by atoms with E-state index in [2.05, 4.69) is 4.98 Å². The normalized spacial score (nSPS) is 16.4. The second-order valence-electron chi connectivity index (χ2n) is 9.10. The van der Waals surface area contributed by atoms with Crippen LogP contribution in [0.4, 0.5) is 0 Å². The number of benzene rings is 3. The van der Waals surface area contributed by atoms with Gasteiger partial charge in [-0.15, -0.1) is 0 Å². The van der Waals surface area contributed by atoms with Crippen molar-refractivity contribution in [2.24, 2.45) is 0 Å². The Morgan fingerprint density at radius 3 is 2.46 bits per heavy atom. The number of nitrogens with zero attached hydrogens (tertiary/aromatic N) is 2. The van der Waals surface area contributed by atoms with Crippen molar-refractivity contribution in [2.45, 2.75) is 48.8 Å². The van der Waals surface area contributed by atoms with E-state index in [-0.39, 0.29) is 23.0 Å². The first-order valence-corrected chi connectivity index (χ1v) is 13.9. The number of aliphatic hydroxyl groups excluding tert-OH is 1. The molecule has 1 aliphatic carbocycles. The van der Waals surface area contributed by atoms with Gasteiger partial charge in [-0.2, -0.15) is 0 Å². The first kappa shape index (κ1) is 25.1. The van der Waals surface area contributed by atoms with Gasteiger partial charge in [-0.3, -0.25) is 4.79 Å². The number of imidazole rings is 1. The summed E-state index contributed by atoms with van der Waals surface area (Å²) in [5, 5.41) is 9.62. The number of aromatic nitrogens is 2. The molecule has 2 atom stereocenters. The molecule has 0 saturated carbocycles. The maximum atomic E-state index is 13.6. The van der Waals surface area contributed by atoms with Crippen molar-refractivity contribution in [3.63, 3.8) is 0 Å². The van der Waals surface area contributed by atoms with Crippen LogP contribution in [-0.4, -0.2) is 35.0 Å². The van der Waals surface area contributed by atoms with Crippen molar-refractivity contribution in [1.29, 1.82) is 0 Å². The highest BCUT2D eigenvalue weighted by molar-refractivity contribution is 7.90. The van der Waals surface area contributed by atoms with Gasteiger partial charge in [0.05, 0.1) is 17.2 Å². The van der Waals surface area contributed by atoms with Gasteiger partial charge in [0.1, 0.15) is 24.6 Å². The number of carbonyl (C=O) groups excluding carboxylic acids is 1. The van der Waals surface area contributed by atoms with Crippen LogP contribution in [0.2, 0.25) is 0 Å². The molecule has 37 heavy (non-hydrogen) atoms. The summed E-state index contributed by atoms with van der Waals surface area (Å²) in [5.41, 5.74) is 2.86. The predicted molar refractivity (Wildman–Crippen MR) is 139 cm³/mol. The topological polar surface area (TPSA) is 98.5 Å². The van der Waals surface area contributed by atoms with Crippen LogP contribution in [0.1, 0.15) is 45.4 Å². The average Bonchev–Trinajstić information content (AvgIpc) is 3.38. The van der Waals surface area contributed by atoms with E-state index in [1.54, 1.807) is 60.9 Å². The highest BCUT2D eigenvalue weighted by atomic mass is 32.2. The van der Waals surface area contributed by atoms with Gasteiger partial charge < -0.3 is 14.4 Å². The number of aliphatic hydroxyl groups is 1. The molecule has 5 rings (SSSR count). The molecule has 1 N–H and O–H groups in total. The van der Waals surface area contributed by atoms with Crippen LogP contribution < -0.4 is 0 Å². The highest BCUT2D eigenvalue weighted by Gasteiger charge is 2.33. The van der Waals surface area contributed by atoms with Gasteiger partial charge in [-0.1, -0.05) is 66.7 Å². The highest BCUT2D eigenvalue weighted by Crippen LogP contribution is 2.32. The van der Waals surface area contributed by atoms with Crippen molar-refractivity contribution in [1.82, 2.24) is 9.55 Å². The molecule has 0 spiro atoms. The second-order valence-corrected chi connectivity index (χ2v) is 11.1. The minimum atomic E-state index is -3.54. The van der Waals surface area contributed by atoms with E-state index >= 15 is 0 Å². The lowest BCUT2D eigenvalue weighted by molar-refractivity contribution is -0.0175. The molecular weight excluding hydrogens is 488 g/mol. The summed E-state index contributed by atoms with van der Waals surface area (Å²) in [4.78, 5) is 18.0. The fraction of sp³-hybridized carbons (Fsp3) is 0.241. The van der Waals surface area contributed by atoms with Gasteiger partial charge in [-0.25, -0.2) is 13.4 Å². The van der Waals surface area contributed by atoms with Crippen LogP contribution in [0, 0.1) is 0 Å². The standard InChI is InChI=1S/C29H28N2O5S/c32-19-28-30-16-17-31(28)18-27(21-8-3-1-4-9-21)36-26-15-14-24-22(10-7-13-25(24)29(26)33)20-37(34,35)23-11-5-2-6-12-23/h1-13,16-17,26-27,32H,14-15,18-20H2. The summed E-state index contributed by atoms with van der Waals surface area (Å²) < 4.78 is 34.3. The van der Waals surface area contributed by atoms with Gasteiger partial charge in [0, 0.05) is 18.0 Å². The van der Waals surface area contributed by atoms with E-state index in [1.807, 2.05) is 34.9 Å². The van der Waals surface area contributed by atoms with Crippen molar-refractivity contribution in [3.05, 3.63) is 119 Å². The summed E-state index contributed by atoms with van der Waals surface area (Å²) in [7, 11) is -3.54. The first-order chi connectivity index (χ1) is 18.0. The number of ketones is 1. The fourth-order valence-electron chi connectivity index (χ4n) is 4.85. The molecule has 1 heterocycles. The van der Waals surface area contributed by atoms with Gasteiger partial charge in [-0.05, 0) is 41.7 Å². The Hall–Kier alpha value is -3.59. The summed E-state index contributed by atoms with van der Waals surface area (Å²) in [6, 6.07) is 23.3. The van der Waals surface area contributed by atoms with Crippen LogP contribution in [0.5, 0.6) is 0 Å². The number of carbonyl (C=O) groups is 1. The molecule has 4 aromatic rings. The molecule has 0 aliphatic heterocycles. The van der Waals surface area contributed by atoms with Gasteiger partial charge in [0.25, 0.3) is 0 Å². The molecule has 1 aliphatic rings. The minimum absolute atomic E-state index is 0.144. The Bertz CT molecular complexity index is 1480. The van der Waals surface area contributed by atoms with Crippen molar-refractivity contribution in [2.75, 3.05) is 0 Å². The zero-order chi connectivity index (χ0) is 25.8.